The monoisotopic (exact) mass is 396 g/mol. The summed E-state index contributed by atoms with van der Waals surface area (Å²) in [6, 6.07) is 5.01. The van der Waals surface area contributed by atoms with Crippen LogP contribution in [0.3, 0.4) is 0 Å². The molecular formula is C19H13F5N2O2. The fraction of sp³-hybridized carbons (Fsp3) is 0.158. The van der Waals surface area contributed by atoms with E-state index in [-0.39, 0.29) is 16.3 Å². The Morgan fingerprint density at radius 2 is 1.54 bits per heavy atom. The zero-order valence-electron chi connectivity index (χ0n) is 14.9. The van der Waals surface area contributed by atoms with Crippen LogP contribution in [0.4, 0.5) is 27.6 Å². The molecule has 9 heteroatoms. The number of hydrogen-bond donors (Lipinski definition) is 0. The zero-order chi connectivity index (χ0) is 20.7. The Hall–Kier alpha value is -3.23. The number of hydrogen-bond acceptors (Lipinski definition) is 3. The largest absolute Gasteiger partial charge is 0.497 e. The summed E-state index contributed by atoms with van der Waals surface area (Å²) >= 11 is 0. The minimum atomic E-state index is -2.31. The van der Waals surface area contributed by atoms with E-state index in [1.165, 1.54) is 20.1 Å². The van der Waals surface area contributed by atoms with Crippen molar-refractivity contribution in [1.82, 2.24) is 0 Å². The summed E-state index contributed by atoms with van der Waals surface area (Å²) in [6.07, 6.45) is 1.42. The van der Waals surface area contributed by atoms with Gasteiger partial charge in [-0.1, -0.05) is 6.07 Å². The Kier molecular flexibility index (Phi) is 4.93. The van der Waals surface area contributed by atoms with E-state index in [2.05, 4.69) is 5.10 Å². The van der Waals surface area contributed by atoms with Crippen LogP contribution in [0, 0.1) is 36.0 Å². The number of hydrazone groups is 1. The van der Waals surface area contributed by atoms with E-state index in [0.717, 1.165) is 5.56 Å². The summed E-state index contributed by atoms with van der Waals surface area (Å²) < 4.78 is 73.4. The summed E-state index contributed by atoms with van der Waals surface area (Å²) in [5.74, 6) is -11.3. The number of carbonyl (C=O) groups excluding carboxylic acids is 1. The number of aryl methyl sites for hydroxylation is 1. The molecule has 0 saturated heterocycles. The molecule has 0 spiro atoms. The van der Waals surface area contributed by atoms with Gasteiger partial charge in [0.1, 0.15) is 11.4 Å². The molecule has 0 saturated carbocycles. The number of benzene rings is 2. The lowest BCUT2D eigenvalue weighted by Crippen LogP contribution is -2.25. The topological polar surface area (TPSA) is 41.9 Å². The SMILES string of the molecule is COc1ccc(/C=C2/C(=O)N(c3c(F)c(F)c(F)c(F)c3F)N=C2C)c(C)c1. The fourth-order valence-electron chi connectivity index (χ4n) is 2.71. The normalized spacial score (nSPS) is 15.4. The molecule has 0 atom stereocenters. The second-order valence-corrected chi connectivity index (χ2v) is 6.00. The molecule has 0 bridgehead atoms. The van der Waals surface area contributed by atoms with Crippen molar-refractivity contribution >= 4 is 23.4 Å². The highest BCUT2D eigenvalue weighted by Crippen LogP contribution is 2.34. The molecule has 4 nitrogen and oxygen atoms in total. The number of methoxy groups -OCH3 is 1. The molecule has 0 radical (unpaired) electrons. The smallest absolute Gasteiger partial charge is 0.280 e. The summed E-state index contributed by atoms with van der Waals surface area (Å²) in [5.41, 5.74) is -0.0722. The van der Waals surface area contributed by atoms with Crippen LogP contribution in [0.15, 0.2) is 28.9 Å². The first-order valence-electron chi connectivity index (χ1n) is 7.95. The van der Waals surface area contributed by atoms with Crippen LogP contribution in [-0.4, -0.2) is 18.7 Å². The Morgan fingerprint density at radius 1 is 0.964 bits per heavy atom. The summed E-state index contributed by atoms with van der Waals surface area (Å²) in [4.78, 5) is 12.6. The quantitative estimate of drug-likeness (QED) is 0.332. The molecule has 0 aliphatic carbocycles. The zero-order valence-corrected chi connectivity index (χ0v) is 14.9. The minimum Gasteiger partial charge on any atom is -0.497 e. The van der Waals surface area contributed by atoms with Crippen molar-refractivity contribution in [3.05, 3.63) is 64.0 Å². The predicted molar refractivity (Wildman–Crippen MR) is 92.5 cm³/mol. The second-order valence-electron chi connectivity index (χ2n) is 6.00. The predicted octanol–water partition coefficient (Wildman–Crippen LogP) is 4.51. The van der Waals surface area contributed by atoms with Gasteiger partial charge in [0, 0.05) is 0 Å². The van der Waals surface area contributed by atoms with Crippen molar-refractivity contribution in [2.75, 3.05) is 12.1 Å². The maximum absolute atomic E-state index is 14.0. The number of nitrogens with zero attached hydrogens (tertiary/aromatic N) is 2. The fourth-order valence-corrected chi connectivity index (χ4v) is 2.71. The van der Waals surface area contributed by atoms with E-state index < -0.39 is 40.7 Å². The van der Waals surface area contributed by atoms with Crippen LogP contribution in [0.1, 0.15) is 18.1 Å². The average Bonchev–Trinajstić information content (AvgIpc) is 2.94. The molecule has 0 fully saturated rings. The van der Waals surface area contributed by atoms with Crippen molar-refractivity contribution in [2.45, 2.75) is 13.8 Å². The average molecular weight is 396 g/mol. The van der Waals surface area contributed by atoms with Crippen molar-refractivity contribution in [2.24, 2.45) is 5.10 Å². The molecule has 0 aromatic heterocycles. The first-order chi connectivity index (χ1) is 13.2. The highest BCUT2D eigenvalue weighted by atomic mass is 19.2. The Labute approximate surface area is 156 Å². The molecule has 1 aliphatic heterocycles. The van der Waals surface area contributed by atoms with Gasteiger partial charge >= 0.3 is 0 Å². The van der Waals surface area contributed by atoms with Gasteiger partial charge in [-0.25, -0.2) is 22.0 Å². The Morgan fingerprint density at radius 3 is 2.07 bits per heavy atom. The highest BCUT2D eigenvalue weighted by Gasteiger charge is 2.37. The van der Waals surface area contributed by atoms with Crippen molar-refractivity contribution in [3.8, 4) is 5.75 Å². The van der Waals surface area contributed by atoms with Crippen LogP contribution in [0.5, 0.6) is 5.75 Å². The van der Waals surface area contributed by atoms with Crippen molar-refractivity contribution in [1.29, 1.82) is 0 Å². The van der Waals surface area contributed by atoms with Gasteiger partial charge in [-0.15, -0.1) is 0 Å². The minimum absolute atomic E-state index is 0.0443. The maximum Gasteiger partial charge on any atom is 0.280 e. The number of anilines is 1. The first kappa shape index (κ1) is 19.5. The van der Waals surface area contributed by atoms with E-state index in [9.17, 15) is 26.7 Å². The first-order valence-corrected chi connectivity index (χ1v) is 7.95. The Balaban J connectivity index is 2.08. The number of halogens is 5. The van der Waals surface area contributed by atoms with Crippen LogP contribution in [0.2, 0.25) is 0 Å². The molecule has 2 aromatic carbocycles. The number of carbonyl (C=O) groups is 1. The molecular weight excluding hydrogens is 383 g/mol. The van der Waals surface area contributed by atoms with Crippen LogP contribution in [-0.2, 0) is 4.79 Å². The summed E-state index contributed by atoms with van der Waals surface area (Å²) in [5, 5.41) is 3.86. The molecule has 0 unspecified atom stereocenters. The third-order valence-electron chi connectivity index (χ3n) is 4.24. The molecule has 0 N–H and O–H groups in total. The van der Waals surface area contributed by atoms with Gasteiger partial charge in [0.25, 0.3) is 5.91 Å². The molecule has 1 heterocycles. The van der Waals surface area contributed by atoms with Gasteiger partial charge in [0.2, 0.25) is 5.82 Å². The molecule has 146 valence electrons. The molecule has 2 aromatic rings. The van der Waals surface area contributed by atoms with Gasteiger partial charge in [-0.3, -0.25) is 4.79 Å². The maximum atomic E-state index is 14.0. The molecule has 1 amide bonds. The van der Waals surface area contributed by atoms with E-state index in [0.29, 0.717) is 11.3 Å². The standard InChI is InChI=1S/C19H13F5N2O2/c1-8-6-11(28-3)5-4-10(8)7-12-9(2)25-26(19(12)27)18-16(23)14(21)13(20)15(22)17(18)24/h4-7H,1-3H3/b12-7+. The van der Waals surface area contributed by atoms with E-state index in [1.54, 1.807) is 25.1 Å². The number of amides is 1. The van der Waals surface area contributed by atoms with Gasteiger partial charge in [-0.2, -0.15) is 10.1 Å². The van der Waals surface area contributed by atoms with Gasteiger partial charge in [0.05, 0.1) is 18.4 Å². The lowest BCUT2D eigenvalue weighted by Gasteiger charge is -2.15. The number of ether oxygens (including phenoxy) is 1. The van der Waals surface area contributed by atoms with Gasteiger partial charge < -0.3 is 4.74 Å². The van der Waals surface area contributed by atoms with E-state index in [1.807, 2.05) is 0 Å². The lowest BCUT2D eigenvalue weighted by atomic mass is 10.0. The lowest BCUT2D eigenvalue weighted by molar-refractivity contribution is -0.114. The summed E-state index contributed by atoms with van der Waals surface area (Å²) in [6.45, 7) is 3.14. The third kappa shape index (κ3) is 3.02. The summed E-state index contributed by atoms with van der Waals surface area (Å²) in [7, 11) is 1.49. The Bertz CT molecular complexity index is 1030. The van der Waals surface area contributed by atoms with Crippen LogP contribution in [0.25, 0.3) is 6.08 Å². The van der Waals surface area contributed by atoms with E-state index >= 15 is 0 Å². The van der Waals surface area contributed by atoms with Gasteiger partial charge in [0.15, 0.2) is 23.3 Å². The molecule has 1 aliphatic rings. The number of rotatable bonds is 3. The second kappa shape index (κ2) is 7.06. The molecule has 3 rings (SSSR count). The highest BCUT2D eigenvalue weighted by molar-refractivity contribution is 6.32. The van der Waals surface area contributed by atoms with E-state index in [4.69, 9.17) is 4.74 Å². The van der Waals surface area contributed by atoms with Crippen LogP contribution < -0.4 is 9.75 Å². The third-order valence-corrected chi connectivity index (χ3v) is 4.24. The van der Waals surface area contributed by atoms with Crippen molar-refractivity contribution in [3.63, 3.8) is 0 Å². The molecule has 28 heavy (non-hydrogen) atoms. The van der Waals surface area contributed by atoms with Crippen molar-refractivity contribution < 1.29 is 31.5 Å². The van der Waals surface area contributed by atoms with Gasteiger partial charge in [-0.05, 0) is 43.2 Å². The van der Waals surface area contributed by atoms with Crippen LogP contribution >= 0.6 is 0 Å².